The van der Waals surface area contributed by atoms with Crippen molar-refractivity contribution in [2.24, 2.45) is 5.92 Å². The molecule has 0 bridgehead atoms. The van der Waals surface area contributed by atoms with Gasteiger partial charge in [-0.05, 0) is 49.5 Å². The molecule has 136 valence electrons. The Morgan fingerprint density at radius 3 is 2.21 bits per heavy atom. The number of benzene rings is 1. The van der Waals surface area contributed by atoms with Crippen LogP contribution in [0.3, 0.4) is 0 Å². The largest absolute Gasteiger partial charge is 0.378 e. The van der Waals surface area contributed by atoms with Crippen molar-refractivity contribution in [3.05, 3.63) is 29.8 Å². The summed E-state index contributed by atoms with van der Waals surface area (Å²) in [6.45, 7) is 6.36. The van der Waals surface area contributed by atoms with Gasteiger partial charge in [0.25, 0.3) is 0 Å². The molecule has 2 rings (SSSR count). The lowest BCUT2D eigenvalue weighted by Gasteiger charge is -2.28. The van der Waals surface area contributed by atoms with Gasteiger partial charge < -0.3 is 4.90 Å². The molecule has 1 atom stereocenters. The van der Waals surface area contributed by atoms with Gasteiger partial charge in [0.05, 0.1) is 5.75 Å². The van der Waals surface area contributed by atoms with E-state index in [9.17, 15) is 8.42 Å². The van der Waals surface area contributed by atoms with Crippen LogP contribution < -0.4 is 9.62 Å². The van der Waals surface area contributed by atoms with E-state index in [2.05, 4.69) is 38.8 Å². The molecule has 6 heteroatoms. The summed E-state index contributed by atoms with van der Waals surface area (Å²) in [5.41, 5.74) is 2.33. The predicted molar refractivity (Wildman–Crippen MR) is 101 cm³/mol. The first kappa shape index (κ1) is 19.2. The van der Waals surface area contributed by atoms with Gasteiger partial charge >= 0.3 is 0 Å². The number of anilines is 1. The summed E-state index contributed by atoms with van der Waals surface area (Å²) in [4.78, 5) is 4.46. The molecule has 0 aromatic heterocycles. The zero-order valence-corrected chi connectivity index (χ0v) is 16.1. The van der Waals surface area contributed by atoms with Gasteiger partial charge in [-0.2, -0.15) is 0 Å². The molecule has 1 N–H and O–H groups in total. The van der Waals surface area contributed by atoms with Crippen molar-refractivity contribution >= 4 is 15.7 Å². The molecule has 5 nitrogen and oxygen atoms in total. The number of hydrogen-bond donors (Lipinski definition) is 1. The van der Waals surface area contributed by atoms with E-state index in [0.29, 0.717) is 6.54 Å². The molecule has 1 aromatic rings. The maximum Gasteiger partial charge on any atom is 0.211 e. The number of nitrogens with zero attached hydrogens (tertiary/aromatic N) is 2. The summed E-state index contributed by atoms with van der Waals surface area (Å²) in [7, 11) is 0.822. The van der Waals surface area contributed by atoms with E-state index in [0.717, 1.165) is 18.8 Å². The average molecular weight is 354 g/mol. The Hall–Kier alpha value is -1.11. The van der Waals surface area contributed by atoms with Crippen molar-refractivity contribution < 1.29 is 8.42 Å². The van der Waals surface area contributed by atoms with Crippen LogP contribution in [0.4, 0.5) is 5.69 Å². The molecular weight excluding hydrogens is 322 g/mol. The Balaban J connectivity index is 2.13. The fourth-order valence-electron chi connectivity index (χ4n) is 3.21. The van der Waals surface area contributed by atoms with Gasteiger partial charge in [0.2, 0.25) is 10.0 Å². The molecule has 1 aliphatic rings. The van der Waals surface area contributed by atoms with Crippen molar-refractivity contribution in [1.29, 1.82) is 0 Å². The highest BCUT2D eigenvalue weighted by molar-refractivity contribution is 7.89. The lowest BCUT2D eigenvalue weighted by Crippen LogP contribution is -2.38. The molecule has 0 saturated carbocycles. The van der Waals surface area contributed by atoms with Crippen LogP contribution in [-0.4, -0.2) is 52.8 Å². The second-order valence-electron chi connectivity index (χ2n) is 7.27. The maximum absolute atomic E-state index is 12.2. The Morgan fingerprint density at radius 1 is 1.12 bits per heavy atom. The molecule has 1 saturated heterocycles. The fourth-order valence-corrected chi connectivity index (χ4v) is 4.62. The van der Waals surface area contributed by atoms with Crippen molar-refractivity contribution in [1.82, 2.24) is 9.62 Å². The highest BCUT2D eigenvalue weighted by Gasteiger charge is 2.25. The lowest BCUT2D eigenvalue weighted by molar-refractivity contribution is 0.246. The SMILES string of the molecule is CC(C)CS(=O)(=O)NC[C@H](c1ccc(N(C)C)cc1)N1CCCC1. The van der Waals surface area contributed by atoms with E-state index >= 15 is 0 Å². The first-order valence-corrected chi connectivity index (χ1v) is 10.4. The third-order valence-corrected chi connectivity index (χ3v) is 6.14. The quantitative estimate of drug-likeness (QED) is 0.780. The van der Waals surface area contributed by atoms with Crippen molar-refractivity contribution in [3.63, 3.8) is 0 Å². The summed E-state index contributed by atoms with van der Waals surface area (Å²) in [6, 6.07) is 8.54. The lowest BCUT2D eigenvalue weighted by atomic mass is 10.1. The molecule has 0 radical (unpaired) electrons. The van der Waals surface area contributed by atoms with Gasteiger partial charge in [-0.3, -0.25) is 4.90 Å². The zero-order chi connectivity index (χ0) is 17.7. The first-order valence-electron chi connectivity index (χ1n) is 8.77. The highest BCUT2D eigenvalue weighted by Crippen LogP contribution is 2.26. The van der Waals surface area contributed by atoms with Gasteiger partial charge in [-0.15, -0.1) is 0 Å². The minimum Gasteiger partial charge on any atom is -0.378 e. The molecule has 1 fully saturated rings. The van der Waals surface area contributed by atoms with Crippen molar-refractivity contribution in [3.8, 4) is 0 Å². The summed E-state index contributed by atoms with van der Waals surface area (Å²) < 4.78 is 27.2. The van der Waals surface area contributed by atoms with Gasteiger partial charge in [0.15, 0.2) is 0 Å². The second-order valence-corrected chi connectivity index (χ2v) is 9.12. The van der Waals surface area contributed by atoms with Crippen molar-refractivity contribution in [2.45, 2.75) is 32.7 Å². The van der Waals surface area contributed by atoms with E-state index in [4.69, 9.17) is 0 Å². The maximum atomic E-state index is 12.2. The van der Waals surface area contributed by atoms with E-state index in [1.807, 2.05) is 27.9 Å². The summed E-state index contributed by atoms with van der Waals surface area (Å²) in [5, 5.41) is 0. The van der Waals surface area contributed by atoms with Gasteiger partial charge in [-0.25, -0.2) is 13.1 Å². The van der Waals surface area contributed by atoms with Gasteiger partial charge in [-0.1, -0.05) is 26.0 Å². The van der Waals surface area contributed by atoms with Crippen LogP contribution in [0.5, 0.6) is 0 Å². The monoisotopic (exact) mass is 353 g/mol. The van der Waals surface area contributed by atoms with Crippen LogP contribution in [0.15, 0.2) is 24.3 Å². The summed E-state index contributed by atoms with van der Waals surface area (Å²) in [5.74, 6) is 0.311. The first-order chi connectivity index (χ1) is 11.3. The Morgan fingerprint density at radius 2 is 1.71 bits per heavy atom. The normalized spacial score (nSPS) is 17.4. The fraction of sp³-hybridized carbons (Fsp3) is 0.667. The predicted octanol–water partition coefficient (Wildman–Crippen LogP) is 2.46. The van der Waals surface area contributed by atoms with E-state index < -0.39 is 10.0 Å². The third-order valence-electron chi connectivity index (χ3n) is 4.43. The molecule has 1 aliphatic heterocycles. The second kappa shape index (κ2) is 8.32. The smallest absolute Gasteiger partial charge is 0.211 e. The average Bonchev–Trinajstić information content (AvgIpc) is 3.00. The Bertz CT molecular complexity index is 606. The van der Waals surface area contributed by atoms with E-state index in [-0.39, 0.29) is 17.7 Å². The molecule has 24 heavy (non-hydrogen) atoms. The molecule has 0 amide bonds. The van der Waals surface area contributed by atoms with Crippen LogP contribution in [0.2, 0.25) is 0 Å². The van der Waals surface area contributed by atoms with Crippen molar-refractivity contribution in [2.75, 3.05) is 44.4 Å². The molecule has 0 aliphatic carbocycles. The summed E-state index contributed by atoms with van der Waals surface area (Å²) >= 11 is 0. The molecule has 1 aromatic carbocycles. The minimum atomic E-state index is -3.22. The van der Waals surface area contributed by atoms with Crippen LogP contribution in [-0.2, 0) is 10.0 Å². The number of hydrogen-bond acceptors (Lipinski definition) is 4. The van der Waals surface area contributed by atoms with E-state index in [1.165, 1.54) is 18.4 Å². The third kappa shape index (κ3) is 5.46. The number of sulfonamides is 1. The van der Waals surface area contributed by atoms with Crippen LogP contribution in [0, 0.1) is 5.92 Å². The standard InChI is InChI=1S/C18H31N3O2S/c1-15(2)14-24(22,23)19-13-18(21-11-5-6-12-21)16-7-9-17(10-8-16)20(3)4/h7-10,15,18-19H,5-6,11-14H2,1-4H3/t18-/m1/s1. The summed E-state index contributed by atoms with van der Waals surface area (Å²) in [6.07, 6.45) is 2.37. The van der Waals surface area contributed by atoms with Gasteiger partial charge in [0, 0.05) is 32.4 Å². The minimum absolute atomic E-state index is 0.102. The molecule has 0 spiro atoms. The number of likely N-dealkylation sites (tertiary alicyclic amines) is 1. The number of nitrogens with one attached hydrogen (secondary N) is 1. The highest BCUT2D eigenvalue weighted by atomic mass is 32.2. The van der Waals surface area contributed by atoms with Crippen LogP contribution >= 0.6 is 0 Å². The zero-order valence-electron chi connectivity index (χ0n) is 15.3. The Labute approximate surface area is 147 Å². The van der Waals surface area contributed by atoms with Gasteiger partial charge in [0.1, 0.15) is 0 Å². The molecule has 1 heterocycles. The molecular formula is C18H31N3O2S. The van der Waals surface area contributed by atoms with Crippen LogP contribution in [0.25, 0.3) is 0 Å². The molecule has 0 unspecified atom stereocenters. The van der Waals surface area contributed by atoms with E-state index in [1.54, 1.807) is 0 Å². The van der Waals surface area contributed by atoms with Crippen LogP contribution in [0.1, 0.15) is 38.3 Å². The Kier molecular flexibility index (Phi) is 6.66. The topological polar surface area (TPSA) is 52.7 Å². The number of rotatable bonds is 8.